The Kier molecular flexibility index (Phi) is 7.28. The van der Waals surface area contributed by atoms with Crippen LogP contribution >= 0.6 is 11.3 Å². The molecular weight excluding hydrogens is 479 g/mol. The number of carboxylic acid groups (broad SMARTS) is 1. The average Bonchev–Trinajstić information content (AvgIpc) is 3.21. The van der Waals surface area contributed by atoms with Gasteiger partial charge in [-0.15, -0.1) is 11.3 Å². The molecule has 0 saturated heterocycles. The highest BCUT2D eigenvalue weighted by Crippen LogP contribution is 2.34. The Morgan fingerprint density at radius 3 is 2.40 bits per heavy atom. The number of alkyl halides is 3. The first-order valence-electron chi connectivity index (χ1n) is 11.1. The lowest BCUT2D eigenvalue weighted by atomic mass is 9.99. The van der Waals surface area contributed by atoms with Crippen LogP contribution in [-0.2, 0) is 36.8 Å². The van der Waals surface area contributed by atoms with Crippen molar-refractivity contribution in [3.63, 3.8) is 0 Å². The summed E-state index contributed by atoms with van der Waals surface area (Å²) in [4.78, 5) is 26.3. The predicted octanol–water partition coefficient (Wildman–Crippen LogP) is 5.81. The first-order valence-corrected chi connectivity index (χ1v) is 12.0. The molecule has 5 nitrogen and oxygen atoms in total. The maximum atomic E-state index is 13.4. The predicted molar refractivity (Wildman–Crippen MR) is 126 cm³/mol. The molecular formula is C26H24F3NO4S. The molecule has 1 amide bonds. The normalized spacial score (nSPS) is 14.3. The lowest BCUT2D eigenvalue weighted by Crippen LogP contribution is -2.28. The van der Waals surface area contributed by atoms with Crippen molar-refractivity contribution >= 4 is 23.2 Å². The van der Waals surface area contributed by atoms with Gasteiger partial charge in [-0.1, -0.05) is 24.3 Å². The number of carbonyl (C=O) groups excluding carboxylic acids is 1. The third kappa shape index (κ3) is 5.74. The number of rotatable bonds is 7. The fourth-order valence-electron chi connectivity index (χ4n) is 4.11. The number of benzene rings is 2. The van der Waals surface area contributed by atoms with E-state index in [4.69, 9.17) is 9.84 Å². The summed E-state index contributed by atoms with van der Waals surface area (Å²) in [5, 5.41) is 12.1. The van der Waals surface area contributed by atoms with Gasteiger partial charge in [0.2, 0.25) is 0 Å². The molecule has 9 heteroatoms. The van der Waals surface area contributed by atoms with Crippen LogP contribution in [0.25, 0.3) is 0 Å². The van der Waals surface area contributed by atoms with Crippen LogP contribution in [0.1, 0.15) is 65.7 Å². The molecule has 184 valence electrons. The number of nitrogens with one attached hydrogen (secondary N) is 1. The Labute approximate surface area is 204 Å². The fraction of sp³-hybridized carbons (Fsp3) is 0.308. The topological polar surface area (TPSA) is 75.6 Å². The molecule has 35 heavy (non-hydrogen) atoms. The van der Waals surface area contributed by atoms with Gasteiger partial charge in [0.1, 0.15) is 0 Å². The number of hydrogen-bond donors (Lipinski definition) is 2. The second-order valence-corrected chi connectivity index (χ2v) is 9.61. The van der Waals surface area contributed by atoms with Crippen LogP contribution in [0.2, 0.25) is 0 Å². The van der Waals surface area contributed by atoms with Gasteiger partial charge < -0.3 is 15.2 Å². The highest BCUT2D eigenvalue weighted by molar-refractivity contribution is 7.12. The first kappa shape index (κ1) is 24.9. The van der Waals surface area contributed by atoms with Crippen LogP contribution in [0.3, 0.4) is 0 Å². The molecule has 1 aliphatic heterocycles. The molecule has 0 saturated carbocycles. The van der Waals surface area contributed by atoms with E-state index in [1.54, 1.807) is 12.1 Å². The van der Waals surface area contributed by atoms with Crippen LogP contribution < -0.4 is 5.32 Å². The summed E-state index contributed by atoms with van der Waals surface area (Å²) in [6, 6.07) is 11.1. The van der Waals surface area contributed by atoms with E-state index in [0.717, 1.165) is 38.6 Å². The number of aromatic carboxylic acids is 1. The molecule has 3 aromatic rings. The van der Waals surface area contributed by atoms with Gasteiger partial charge in [0, 0.05) is 9.75 Å². The lowest BCUT2D eigenvalue weighted by molar-refractivity contribution is -0.137. The number of ether oxygens (including phenoxy) is 1. The standard InChI is InChI=1S/C26H24F3NO4S/c1-15(17-5-7-18(8-6-17)25(32)33)30-24(31)23-20-12-13-34-14-22(20)35-21(23)11-4-16-2-9-19(10-3-16)26(27,28)29/h2-3,5-10,15H,4,11-14H2,1H3,(H,30,31)(H,32,33). The van der Waals surface area contributed by atoms with Crippen LogP contribution in [0.4, 0.5) is 13.2 Å². The number of carbonyl (C=O) groups is 2. The fourth-order valence-corrected chi connectivity index (χ4v) is 5.40. The highest BCUT2D eigenvalue weighted by atomic mass is 32.1. The van der Waals surface area contributed by atoms with Gasteiger partial charge in [0.15, 0.2) is 0 Å². The SMILES string of the molecule is CC(NC(=O)c1c(CCc2ccc(C(F)(F)F)cc2)sc2c1CCOC2)c1ccc(C(=O)O)cc1. The largest absolute Gasteiger partial charge is 0.478 e. The molecule has 1 atom stereocenters. The van der Waals surface area contributed by atoms with Gasteiger partial charge in [0.05, 0.1) is 35.9 Å². The molecule has 2 N–H and O–H groups in total. The molecule has 1 unspecified atom stereocenters. The minimum atomic E-state index is -4.37. The van der Waals surface area contributed by atoms with Crippen LogP contribution in [0.5, 0.6) is 0 Å². The zero-order chi connectivity index (χ0) is 25.2. The number of thiophene rings is 1. The van der Waals surface area contributed by atoms with E-state index >= 15 is 0 Å². The van der Waals surface area contributed by atoms with Gasteiger partial charge in [-0.3, -0.25) is 4.79 Å². The summed E-state index contributed by atoms with van der Waals surface area (Å²) in [6.45, 7) is 2.79. The van der Waals surface area contributed by atoms with Gasteiger partial charge in [-0.25, -0.2) is 4.79 Å². The van der Waals surface area contributed by atoms with E-state index in [2.05, 4.69) is 5.32 Å². The Morgan fingerprint density at radius 1 is 1.09 bits per heavy atom. The molecule has 1 aliphatic rings. The molecule has 0 bridgehead atoms. The first-order chi connectivity index (χ1) is 16.6. The maximum absolute atomic E-state index is 13.4. The number of fused-ring (bicyclic) bond motifs is 1. The van der Waals surface area contributed by atoms with Crippen molar-refractivity contribution in [2.24, 2.45) is 0 Å². The van der Waals surface area contributed by atoms with Gasteiger partial charge in [0.25, 0.3) is 5.91 Å². The Hall–Kier alpha value is -3.17. The van der Waals surface area contributed by atoms with E-state index < -0.39 is 17.7 Å². The molecule has 0 spiro atoms. The zero-order valence-electron chi connectivity index (χ0n) is 18.9. The zero-order valence-corrected chi connectivity index (χ0v) is 19.8. The monoisotopic (exact) mass is 503 g/mol. The number of carboxylic acids is 1. The summed E-state index contributed by atoms with van der Waals surface area (Å²) in [6.07, 6.45) is -2.73. The minimum absolute atomic E-state index is 0.171. The maximum Gasteiger partial charge on any atom is 0.416 e. The van der Waals surface area contributed by atoms with Crippen molar-refractivity contribution in [2.75, 3.05) is 6.61 Å². The Bertz CT molecular complexity index is 1220. The minimum Gasteiger partial charge on any atom is -0.478 e. The van der Waals surface area contributed by atoms with E-state index in [1.165, 1.54) is 35.6 Å². The molecule has 2 heterocycles. The summed E-state index contributed by atoms with van der Waals surface area (Å²) >= 11 is 1.51. The highest BCUT2D eigenvalue weighted by Gasteiger charge is 2.30. The summed E-state index contributed by atoms with van der Waals surface area (Å²) in [5.41, 5.74) is 2.62. The van der Waals surface area contributed by atoms with Gasteiger partial charge in [-0.05, 0) is 67.1 Å². The smallest absolute Gasteiger partial charge is 0.416 e. The van der Waals surface area contributed by atoms with Crippen LogP contribution in [0.15, 0.2) is 48.5 Å². The van der Waals surface area contributed by atoms with Crippen molar-refractivity contribution < 1.29 is 32.6 Å². The Balaban J connectivity index is 1.52. The number of aryl methyl sites for hydroxylation is 2. The lowest BCUT2D eigenvalue weighted by Gasteiger charge is -2.17. The summed E-state index contributed by atoms with van der Waals surface area (Å²) in [7, 11) is 0. The van der Waals surface area contributed by atoms with Crippen molar-refractivity contribution in [2.45, 2.75) is 45.0 Å². The van der Waals surface area contributed by atoms with Crippen molar-refractivity contribution in [3.05, 3.63) is 91.7 Å². The quantitative estimate of drug-likeness (QED) is 0.427. The van der Waals surface area contributed by atoms with Gasteiger partial charge >= 0.3 is 12.1 Å². The van der Waals surface area contributed by atoms with E-state index in [9.17, 15) is 22.8 Å². The Morgan fingerprint density at radius 2 is 1.77 bits per heavy atom. The number of halogens is 3. The average molecular weight is 504 g/mol. The molecule has 4 rings (SSSR count). The third-order valence-electron chi connectivity index (χ3n) is 6.05. The second kappa shape index (κ2) is 10.2. The van der Waals surface area contributed by atoms with Crippen LogP contribution in [-0.4, -0.2) is 23.6 Å². The van der Waals surface area contributed by atoms with Crippen molar-refractivity contribution in [1.29, 1.82) is 0 Å². The van der Waals surface area contributed by atoms with Crippen molar-refractivity contribution in [3.8, 4) is 0 Å². The number of amides is 1. The van der Waals surface area contributed by atoms with E-state index in [-0.39, 0.29) is 17.5 Å². The number of hydrogen-bond acceptors (Lipinski definition) is 4. The molecule has 2 aromatic carbocycles. The van der Waals surface area contributed by atoms with Gasteiger partial charge in [-0.2, -0.15) is 13.2 Å². The summed E-state index contributed by atoms with van der Waals surface area (Å²) < 4.78 is 44.1. The molecule has 0 aliphatic carbocycles. The van der Waals surface area contributed by atoms with E-state index in [0.29, 0.717) is 38.0 Å². The molecule has 1 aromatic heterocycles. The van der Waals surface area contributed by atoms with E-state index in [1.807, 2.05) is 6.92 Å². The molecule has 0 radical (unpaired) electrons. The molecule has 0 fully saturated rings. The second-order valence-electron chi connectivity index (χ2n) is 8.42. The van der Waals surface area contributed by atoms with Crippen molar-refractivity contribution in [1.82, 2.24) is 5.32 Å². The summed E-state index contributed by atoms with van der Waals surface area (Å²) in [5.74, 6) is -1.24. The van der Waals surface area contributed by atoms with Crippen LogP contribution in [0, 0.1) is 0 Å². The third-order valence-corrected chi connectivity index (χ3v) is 7.31.